The normalized spacial score (nSPS) is 19.9. The zero-order valence-corrected chi connectivity index (χ0v) is 13.2. The molecule has 1 aliphatic heterocycles. The van der Waals surface area contributed by atoms with Gasteiger partial charge in [0.2, 0.25) is 0 Å². The summed E-state index contributed by atoms with van der Waals surface area (Å²) in [7, 11) is 2.76. The van der Waals surface area contributed by atoms with Gasteiger partial charge in [0.25, 0.3) is 0 Å². The molecule has 1 heterocycles. The Bertz CT molecular complexity index is 503. The van der Waals surface area contributed by atoms with Crippen LogP contribution in [-0.4, -0.2) is 43.8 Å². The number of carbonyl (C=O) groups excluding carboxylic acids is 2. The van der Waals surface area contributed by atoms with Gasteiger partial charge in [-0.15, -0.1) is 0 Å². The summed E-state index contributed by atoms with van der Waals surface area (Å²) in [5, 5.41) is 0. The molecular weight excluding hydrogens is 282 g/mol. The summed E-state index contributed by atoms with van der Waals surface area (Å²) >= 11 is 0. The minimum Gasteiger partial charge on any atom is -0.468 e. The van der Waals surface area contributed by atoms with Crippen LogP contribution in [0.25, 0.3) is 0 Å². The Kier molecular flexibility index (Phi) is 5.81. The minimum absolute atomic E-state index is 0.232. The molecule has 0 bridgehead atoms. The summed E-state index contributed by atoms with van der Waals surface area (Å²) in [5.74, 6) is -0.796. The maximum atomic E-state index is 12.4. The monoisotopic (exact) mass is 305 g/mol. The molecule has 1 aliphatic rings. The molecule has 1 amide bonds. The Balaban J connectivity index is 2.38. The number of nitrogens with zero attached hydrogens (tertiary/aromatic N) is 1. The summed E-state index contributed by atoms with van der Waals surface area (Å²) in [4.78, 5) is 26.2. The van der Waals surface area contributed by atoms with Crippen molar-refractivity contribution in [3.63, 3.8) is 0 Å². The average molecular weight is 305 g/mol. The molecule has 5 heteroatoms. The molecule has 2 unspecified atom stereocenters. The Labute approximate surface area is 131 Å². The van der Waals surface area contributed by atoms with Crippen LogP contribution < -0.4 is 0 Å². The number of esters is 1. The van der Waals surface area contributed by atoms with Crippen LogP contribution in [0.15, 0.2) is 30.3 Å². The van der Waals surface area contributed by atoms with Gasteiger partial charge in [0.1, 0.15) is 5.92 Å². The first kappa shape index (κ1) is 16.3. The molecule has 5 nitrogen and oxygen atoms in total. The summed E-state index contributed by atoms with van der Waals surface area (Å²) in [5.41, 5.74) is 0.871. The van der Waals surface area contributed by atoms with E-state index < -0.39 is 5.92 Å². The molecule has 22 heavy (non-hydrogen) atoms. The molecule has 1 aromatic carbocycles. The highest BCUT2D eigenvalue weighted by atomic mass is 16.5. The van der Waals surface area contributed by atoms with Crippen molar-refractivity contribution in [3.8, 4) is 0 Å². The number of methoxy groups -OCH3 is 2. The number of amides is 1. The van der Waals surface area contributed by atoms with Crippen molar-refractivity contribution in [1.82, 2.24) is 4.90 Å². The highest BCUT2D eigenvalue weighted by molar-refractivity contribution is 5.80. The standard InChI is InChI=1S/C17H23NO4/c1-21-16(19)15(13-9-5-3-6-10-13)14-11-7-4-8-12-18(14)17(20)22-2/h3,5-6,9-10,14-15H,4,7-8,11-12H2,1-2H3. The number of likely N-dealkylation sites (tertiary alicyclic amines) is 1. The highest BCUT2D eigenvalue weighted by Crippen LogP contribution is 2.31. The van der Waals surface area contributed by atoms with E-state index in [0.717, 1.165) is 31.2 Å². The minimum atomic E-state index is -0.483. The summed E-state index contributed by atoms with van der Waals surface area (Å²) in [6.45, 7) is 0.609. The molecule has 2 rings (SSSR count). The Morgan fingerprint density at radius 3 is 2.45 bits per heavy atom. The number of rotatable bonds is 3. The van der Waals surface area contributed by atoms with Crippen molar-refractivity contribution in [2.45, 2.75) is 37.6 Å². The van der Waals surface area contributed by atoms with E-state index in [1.165, 1.54) is 14.2 Å². The predicted octanol–water partition coefficient (Wildman–Crippen LogP) is 2.95. The SMILES string of the molecule is COC(=O)C(c1ccccc1)C1CCCCCN1C(=O)OC. The lowest BCUT2D eigenvalue weighted by Crippen LogP contribution is -2.45. The lowest BCUT2D eigenvalue weighted by Gasteiger charge is -2.33. The second-order valence-electron chi connectivity index (χ2n) is 5.49. The molecular formula is C17H23NO4. The molecule has 1 fully saturated rings. The van der Waals surface area contributed by atoms with Crippen LogP contribution in [-0.2, 0) is 14.3 Å². The lowest BCUT2D eigenvalue weighted by atomic mass is 9.88. The summed E-state index contributed by atoms with van der Waals surface area (Å²) < 4.78 is 9.91. The molecule has 120 valence electrons. The van der Waals surface area contributed by atoms with Gasteiger partial charge in [0.05, 0.1) is 20.3 Å². The summed E-state index contributed by atoms with van der Waals surface area (Å²) in [6, 6.07) is 9.27. The van der Waals surface area contributed by atoms with E-state index in [4.69, 9.17) is 9.47 Å². The second kappa shape index (κ2) is 7.82. The first-order valence-electron chi connectivity index (χ1n) is 7.66. The van der Waals surface area contributed by atoms with Gasteiger partial charge in [-0.2, -0.15) is 0 Å². The third-order valence-electron chi connectivity index (χ3n) is 4.21. The maximum Gasteiger partial charge on any atom is 0.409 e. The van der Waals surface area contributed by atoms with Crippen LogP contribution in [0.5, 0.6) is 0 Å². The van der Waals surface area contributed by atoms with Gasteiger partial charge in [-0.3, -0.25) is 4.79 Å². The predicted molar refractivity (Wildman–Crippen MR) is 82.6 cm³/mol. The van der Waals surface area contributed by atoms with Gasteiger partial charge < -0.3 is 14.4 Å². The van der Waals surface area contributed by atoms with Crippen molar-refractivity contribution in [3.05, 3.63) is 35.9 Å². The molecule has 0 aromatic heterocycles. The molecule has 0 radical (unpaired) electrons. The maximum absolute atomic E-state index is 12.4. The number of hydrogen-bond donors (Lipinski definition) is 0. The van der Waals surface area contributed by atoms with Gasteiger partial charge in [0, 0.05) is 6.54 Å². The molecule has 0 saturated carbocycles. The third kappa shape index (κ3) is 3.59. The fourth-order valence-electron chi connectivity index (χ4n) is 3.13. The Hall–Kier alpha value is -2.04. The van der Waals surface area contributed by atoms with Gasteiger partial charge in [0.15, 0.2) is 0 Å². The van der Waals surface area contributed by atoms with Crippen LogP contribution in [0.2, 0.25) is 0 Å². The van der Waals surface area contributed by atoms with Gasteiger partial charge in [-0.25, -0.2) is 4.79 Å². The van der Waals surface area contributed by atoms with Crippen LogP contribution in [0.4, 0.5) is 4.79 Å². The van der Waals surface area contributed by atoms with Crippen molar-refractivity contribution < 1.29 is 19.1 Å². The Morgan fingerprint density at radius 1 is 1.09 bits per heavy atom. The zero-order chi connectivity index (χ0) is 15.9. The Morgan fingerprint density at radius 2 is 1.82 bits per heavy atom. The van der Waals surface area contributed by atoms with Crippen LogP contribution >= 0.6 is 0 Å². The van der Waals surface area contributed by atoms with E-state index in [2.05, 4.69) is 0 Å². The third-order valence-corrected chi connectivity index (χ3v) is 4.21. The highest BCUT2D eigenvalue weighted by Gasteiger charge is 2.38. The van der Waals surface area contributed by atoms with Crippen molar-refractivity contribution in [1.29, 1.82) is 0 Å². The quantitative estimate of drug-likeness (QED) is 0.806. The largest absolute Gasteiger partial charge is 0.468 e. The van der Waals surface area contributed by atoms with Crippen LogP contribution in [0, 0.1) is 0 Å². The molecule has 0 aliphatic carbocycles. The lowest BCUT2D eigenvalue weighted by molar-refractivity contribution is -0.144. The number of carbonyl (C=O) groups is 2. The molecule has 1 aromatic rings. The molecule has 0 N–H and O–H groups in total. The molecule has 2 atom stereocenters. The smallest absolute Gasteiger partial charge is 0.409 e. The van der Waals surface area contributed by atoms with Gasteiger partial charge in [-0.1, -0.05) is 43.2 Å². The van der Waals surface area contributed by atoms with Crippen molar-refractivity contribution >= 4 is 12.1 Å². The van der Waals surface area contributed by atoms with E-state index in [1.807, 2.05) is 30.3 Å². The molecule has 1 saturated heterocycles. The first-order valence-corrected chi connectivity index (χ1v) is 7.66. The van der Waals surface area contributed by atoms with E-state index in [9.17, 15) is 9.59 Å². The topological polar surface area (TPSA) is 55.8 Å². The number of benzene rings is 1. The zero-order valence-electron chi connectivity index (χ0n) is 13.2. The van der Waals surface area contributed by atoms with E-state index in [1.54, 1.807) is 4.90 Å². The molecule has 0 spiro atoms. The van der Waals surface area contributed by atoms with Gasteiger partial charge >= 0.3 is 12.1 Å². The average Bonchev–Trinajstić information content (AvgIpc) is 2.81. The van der Waals surface area contributed by atoms with Crippen LogP contribution in [0.1, 0.15) is 37.2 Å². The fourth-order valence-corrected chi connectivity index (χ4v) is 3.13. The van der Waals surface area contributed by atoms with Crippen molar-refractivity contribution in [2.75, 3.05) is 20.8 Å². The van der Waals surface area contributed by atoms with Crippen LogP contribution in [0.3, 0.4) is 0 Å². The van der Waals surface area contributed by atoms with E-state index in [-0.39, 0.29) is 18.1 Å². The van der Waals surface area contributed by atoms with Gasteiger partial charge in [-0.05, 0) is 18.4 Å². The summed E-state index contributed by atoms with van der Waals surface area (Å²) in [6.07, 6.45) is 3.35. The van der Waals surface area contributed by atoms with Crippen molar-refractivity contribution in [2.24, 2.45) is 0 Å². The number of ether oxygens (including phenoxy) is 2. The second-order valence-corrected chi connectivity index (χ2v) is 5.49. The number of hydrogen-bond acceptors (Lipinski definition) is 4. The van der Waals surface area contributed by atoms with E-state index >= 15 is 0 Å². The fraction of sp³-hybridized carbons (Fsp3) is 0.529. The first-order chi connectivity index (χ1) is 10.7. The van der Waals surface area contributed by atoms with E-state index in [0.29, 0.717) is 6.54 Å².